The van der Waals surface area contributed by atoms with Crippen LogP contribution in [-0.2, 0) is 6.54 Å². The molecule has 0 radical (unpaired) electrons. The Morgan fingerprint density at radius 3 is 2.89 bits per heavy atom. The maximum absolute atomic E-state index is 6.09. The van der Waals surface area contributed by atoms with Crippen molar-refractivity contribution in [2.24, 2.45) is 11.7 Å². The van der Waals surface area contributed by atoms with Crippen molar-refractivity contribution in [3.05, 3.63) is 28.2 Å². The zero-order valence-corrected chi connectivity index (χ0v) is 12.6. The molecule has 0 aromatic heterocycles. The summed E-state index contributed by atoms with van der Waals surface area (Å²) in [6, 6.07) is 6.44. The van der Waals surface area contributed by atoms with Gasteiger partial charge in [-0.05, 0) is 30.5 Å². The summed E-state index contributed by atoms with van der Waals surface area (Å²) in [4.78, 5) is 2.42. The SMILES string of the molecule is COc1ccc(Br)cc1CN1CC(C)CC(N)C1. The quantitative estimate of drug-likeness (QED) is 0.932. The zero-order chi connectivity index (χ0) is 13.1. The van der Waals surface area contributed by atoms with E-state index in [1.54, 1.807) is 7.11 Å². The molecule has 1 fully saturated rings. The molecule has 3 nitrogen and oxygen atoms in total. The molecule has 0 aliphatic carbocycles. The minimum Gasteiger partial charge on any atom is -0.496 e. The maximum Gasteiger partial charge on any atom is 0.123 e. The van der Waals surface area contributed by atoms with Crippen molar-refractivity contribution in [2.45, 2.75) is 25.9 Å². The van der Waals surface area contributed by atoms with Crippen LogP contribution in [0.2, 0.25) is 0 Å². The molecular formula is C14H21BrN2O. The van der Waals surface area contributed by atoms with Crippen molar-refractivity contribution in [3.8, 4) is 5.75 Å². The second kappa shape index (κ2) is 6.04. The molecule has 2 rings (SSSR count). The third kappa shape index (κ3) is 3.46. The highest BCUT2D eigenvalue weighted by atomic mass is 79.9. The minimum atomic E-state index is 0.298. The van der Waals surface area contributed by atoms with Gasteiger partial charge in [0.25, 0.3) is 0 Å². The monoisotopic (exact) mass is 312 g/mol. The summed E-state index contributed by atoms with van der Waals surface area (Å²) in [5, 5.41) is 0. The van der Waals surface area contributed by atoms with Crippen LogP contribution in [0.1, 0.15) is 18.9 Å². The van der Waals surface area contributed by atoms with Crippen LogP contribution in [0.5, 0.6) is 5.75 Å². The van der Waals surface area contributed by atoms with Crippen LogP contribution >= 0.6 is 15.9 Å². The van der Waals surface area contributed by atoms with E-state index in [4.69, 9.17) is 10.5 Å². The highest BCUT2D eigenvalue weighted by Gasteiger charge is 2.22. The van der Waals surface area contributed by atoms with Crippen molar-refractivity contribution in [1.82, 2.24) is 4.90 Å². The van der Waals surface area contributed by atoms with Crippen molar-refractivity contribution in [2.75, 3.05) is 20.2 Å². The Kier molecular flexibility index (Phi) is 4.65. The lowest BCUT2D eigenvalue weighted by Crippen LogP contribution is -2.45. The van der Waals surface area contributed by atoms with Gasteiger partial charge in [-0.2, -0.15) is 0 Å². The molecule has 1 aliphatic heterocycles. The molecule has 2 unspecified atom stereocenters. The molecule has 100 valence electrons. The number of methoxy groups -OCH3 is 1. The molecule has 1 saturated heterocycles. The van der Waals surface area contributed by atoms with Crippen molar-refractivity contribution >= 4 is 15.9 Å². The summed E-state index contributed by atoms with van der Waals surface area (Å²) in [5.74, 6) is 1.62. The van der Waals surface area contributed by atoms with E-state index in [0.29, 0.717) is 12.0 Å². The lowest BCUT2D eigenvalue weighted by molar-refractivity contribution is 0.157. The number of piperidine rings is 1. The number of ether oxygens (including phenoxy) is 1. The van der Waals surface area contributed by atoms with Gasteiger partial charge in [-0.15, -0.1) is 0 Å². The molecule has 0 amide bonds. The summed E-state index contributed by atoms with van der Waals surface area (Å²) in [5.41, 5.74) is 7.30. The normalized spacial score (nSPS) is 25.1. The summed E-state index contributed by atoms with van der Waals surface area (Å²) in [7, 11) is 1.72. The first kappa shape index (κ1) is 13.8. The fourth-order valence-corrected chi connectivity index (χ4v) is 3.16. The number of halogens is 1. The third-order valence-electron chi connectivity index (χ3n) is 3.40. The van der Waals surface area contributed by atoms with E-state index in [1.807, 2.05) is 12.1 Å². The van der Waals surface area contributed by atoms with Gasteiger partial charge in [-0.1, -0.05) is 22.9 Å². The van der Waals surface area contributed by atoms with Gasteiger partial charge in [0.1, 0.15) is 5.75 Å². The first-order valence-corrected chi connectivity index (χ1v) is 7.18. The molecule has 0 bridgehead atoms. The van der Waals surface area contributed by atoms with Crippen LogP contribution in [0.4, 0.5) is 0 Å². The smallest absolute Gasteiger partial charge is 0.123 e. The average molecular weight is 313 g/mol. The van der Waals surface area contributed by atoms with Crippen LogP contribution in [0.25, 0.3) is 0 Å². The number of rotatable bonds is 3. The fraction of sp³-hybridized carbons (Fsp3) is 0.571. The first-order valence-electron chi connectivity index (χ1n) is 6.39. The predicted octanol–water partition coefficient (Wildman–Crippen LogP) is 2.63. The molecule has 2 N–H and O–H groups in total. The van der Waals surface area contributed by atoms with E-state index in [0.717, 1.165) is 36.3 Å². The Morgan fingerprint density at radius 2 is 2.22 bits per heavy atom. The molecular weight excluding hydrogens is 292 g/mol. The molecule has 1 aliphatic rings. The van der Waals surface area contributed by atoms with Crippen LogP contribution < -0.4 is 10.5 Å². The minimum absolute atomic E-state index is 0.298. The van der Waals surface area contributed by atoms with Gasteiger partial charge in [0.15, 0.2) is 0 Å². The number of likely N-dealkylation sites (tertiary alicyclic amines) is 1. The number of benzene rings is 1. The lowest BCUT2D eigenvalue weighted by atomic mass is 9.96. The number of hydrogen-bond acceptors (Lipinski definition) is 3. The van der Waals surface area contributed by atoms with E-state index in [2.05, 4.69) is 33.8 Å². The first-order chi connectivity index (χ1) is 8.58. The van der Waals surface area contributed by atoms with Gasteiger partial charge in [0, 0.05) is 35.7 Å². The molecule has 2 atom stereocenters. The van der Waals surface area contributed by atoms with Gasteiger partial charge < -0.3 is 10.5 Å². The van der Waals surface area contributed by atoms with Crippen LogP contribution in [0.3, 0.4) is 0 Å². The van der Waals surface area contributed by atoms with E-state index in [-0.39, 0.29) is 0 Å². The number of hydrogen-bond donors (Lipinski definition) is 1. The Hall–Kier alpha value is -0.580. The number of nitrogens with two attached hydrogens (primary N) is 1. The van der Waals surface area contributed by atoms with Crippen LogP contribution in [0.15, 0.2) is 22.7 Å². The largest absolute Gasteiger partial charge is 0.496 e. The highest BCUT2D eigenvalue weighted by Crippen LogP contribution is 2.26. The van der Waals surface area contributed by atoms with Crippen molar-refractivity contribution in [1.29, 1.82) is 0 Å². The van der Waals surface area contributed by atoms with Crippen molar-refractivity contribution in [3.63, 3.8) is 0 Å². The Balaban J connectivity index is 2.10. The topological polar surface area (TPSA) is 38.5 Å². The van der Waals surface area contributed by atoms with E-state index in [1.165, 1.54) is 5.56 Å². The van der Waals surface area contributed by atoms with E-state index < -0.39 is 0 Å². The van der Waals surface area contributed by atoms with Gasteiger partial charge in [0.2, 0.25) is 0 Å². The van der Waals surface area contributed by atoms with Gasteiger partial charge in [0.05, 0.1) is 7.11 Å². The Bertz CT molecular complexity index is 401. The predicted molar refractivity (Wildman–Crippen MR) is 77.7 cm³/mol. The second-order valence-corrected chi connectivity index (χ2v) is 6.17. The van der Waals surface area contributed by atoms with E-state index >= 15 is 0 Å². The van der Waals surface area contributed by atoms with Gasteiger partial charge >= 0.3 is 0 Å². The zero-order valence-electron chi connectivity index (χ0n) is 11.0. The molecule has 0 spiro atoms. The summed E-state index contributed by atoms with van der Waals surface area (Å²) < 4.78 is 6.51. The molecule has 18 heavy (non-hydrogen) atoms. The summed E-state index contributed by atoms with van der Waals surface area (Å²) in [6.07, 6.45) is 1.13. The Morgan fingerprint density at radius 1 is 1.44 bits per heavy atom. The fourth-order valence-electron chi connectivity index (χ4n) is 2.75. The summed E-state index contributed by atoms with van der Waals surface area (Å²) >= 11 is 3.52. The van der Waals surface area contributed by atoms with Crippen LogP contribution in [-0.4, -0.2) is 31.1 Å². The third-order valence-corrected chi connectivity index (χ3v) is 3.90. The molecule has 4 heteroatoms. The molecule has 1 aromatic carbocycles. The highest BCUT2D eigenvalue weighted by molar-refractivity contribution is 9.10. The van der Waals surface area contributed by atoms with E-state index in [9.17, 15) is 0 Å². The van der Waals surface area contributed by atoms with Crippen molar-refractivity contribution < 1.29 is 4.74 Å². The summed E-state index contributed by atoms with van der Waals surface area (Å²) in [6.45, 7) is 5.26. The molecule has 1 aromatic rings. The maximum atomic E-state index is 6.09. The molecule has 1 heterocycles. The standard InChI is InChI=1S/C14H21BrN2O/c1-10-5-13(16)9-17(7-10)8-11-6-12(15)3-4-14(11)18-2/h3-4,6,10,13H,5,7-9,16H2,1-2H3. The van der Waals surface area contributed by atoms with Gasteiger partial charge in [-0.25, -0.2) is 0 Å². The number of nitrogens with zero attached hydrogens (tertiary/aromatic N) is 1. The second-order valence-electron chi connectivity index (χ2n) is 5.25. The lowest BCUT2D eigenvalue weighted by Gasteiger charge is -2.35. The molecule has 0 saturated carbocycles. The van der Waals surface area contributed by atoms with Gasteiger partial charge in [-0.3, -0.25) is 4.90 Å². The Labute approximate surface area is 117 Å². The average Bonchev–Trinajstić information content (AvgIpc) is 2.27. The van der Waals surface area contributed by atoms with Crippen LogP contribution in [0, 0.1) is 5.92 Å².